The lowest BCUT2D eigenvalue weighted by Crippen LogP contribution is -2.54. The molecule has 8 rings (SSSR count). The molecule has 596 valence electrons. The third-order valence-corrected chi connectivity index (χ3v) is 20.4. The van der Waals surface area contributed by atoms with Crippen molar-refractivity contribution in [3.05, 3.63) is 124 Å². The molecule has 5 aromatic carbocycles. The minimum atomic E-state index is -5.01. The van der Waals surface area contributed by atoms with E-state index in [1.54, 1.807) is 97.6 Å². The van der Waals surface area contributed by atoms with Crippen molar-refractivity contribution in [3.63, 3.8) is 0 Å². The molecule has 36 heteroatoms. The van der Waals surface area contributed by atoms with E-state index in [1.807, 2.05) is 12.1 Å². The lowest BCUT2D eigenvalue weighted by atomic mass is 9.95. The number of phosphoric ester groups is 1. The highest BCUT2D eigenvalue weighted by molar-refractivity contribution is 9.09. The molecule has 7 amide bonds. The largest absolute Gasteiger partial charge is 0.524 e. The number of nitrogens with one attached hydrogen (secondary N) is 5. The van der Waals surface area contributed by atoms with Crippen molar-refractivity contribution in [2.24, 2.45) is 11.7 Å². The first-order valence-corrected chi connectivity index (χ1v) is 40.1. The molecule has 4 unspecified atom stereocenters. The molecule has 0 saturated heterocycles. The average Bonchev–Trinajstić information content (AvgIpc) is 1.62. The number of amides is 7. The predicted molar refractivity (Wildman–Crippen MR) is 415 cm³/mol. The van der Waals surface area contributed by atoms with Crippen LogP contribution in [0.4, 0.5) is 26.7 Å². The van der Waals surface area contributed by atoms with Gasteiger partial charge in [0.2, 0.25) is 17.7 Å². The van der Waals surface area contributed by atoms with Crippen LogP contribution < -0.4 is 51.4 Å². The van der Waals surface area contributed by atoms with Gasteiger partial charge in [-0.05, 0) is 77.0 Å². The number of nitrogens with two attached hydrogens (primary N) is 1. The number of aliphatic hydroxyl groups is 2. The van der Waals surface area contributed by atoms with Gasteiger partial charge in [-0.25, -0.2) is 14.2 Å². The molecule has 6 aromatic rings. The van der Waals surface area contributed by atoms with Gasteiger partial charge in [0.15, 0.2) is 6.35 Å². The van der Waals surface area contributed by atoms with E-state index < -0.39 is 74.2 Å². The van der Waals surface area contributed by atoms with Crippen molar-refractivity contribution >= 4 is 139 Å². The number of likely N-dealkylation sites (N-methyl/N-ethyl adjacent to an activating group) is 2. The molecule has 1 aromatic heterocycles. The number of thiophene rings is 1. The molecule has 3 heterocycles. The molecule has 0 aliphatic carbocycles. The molecule has 0 radical (unpaired) electrons. The van der Waals surface area contributed by atoms with E-state index in [0.29, 0.717) is 122 Å². The van der Waals surface area contributed by atoms with E-state index in [4.69, 9.17) is 71.4 Å². The number of carbonyl (C=O) groups excluding carboxylic acids is 7. The van der Waals surface area contributed by atoms with Crippen LogP contribution in [0.5, 0.6) is 11.5 Å². The highest BCUT2D eigenvalue weighted by Crippen LogP contribution is 2.50. The fourth-order valence-corrected chi connectivity index (χ4v) is 14.0. The number of rotatable bonds is 46. The van der Waals surface area contributed by atoms with Crippen LogP contribution in [0.1, 0.15) is 81.0 Å². The van der Waals surface area contributed by atoms with Crippen LogP contribution in [-0.2, 0) is 58.7 Å². The van der Waals surface area contributed by atoms with Gasteiger partial charge >= 0.3 is 20.0 Å². The van der Waals surface area contributed by atoms with E-state index in [9.17, 15) is 58.1 Å². The molecule has 0 saturated carbocycles. The van der Waals surface area contributed by atoms with Crippen molar-refractivity contribution in [2.75, 3.05) is 165 Å². The van der Waals surface area contributed by atoms with Gasteiger partial charge in [0.05, 0.1) is 100 Å². The van der Waals surface area contributed by atoms with E-state index in [1.165, 1.54) is 34.9 Å². The van der Waals surface area contributed by atoms with Crippen molar-refractivity contribution in [1.29, 1.82) is 0 Å². The lowest BCUT2D eigenvalue weighted by molar-refractivity contribution is -0.132. The fraction of sp³-hybridized carbons (Fsp3) is 0.493. The van der Waals surface area contributed by atoms with Crippen molar-refractivity contribution in [2.45, 2.75) is 76.2 Å². The average molecular weight is 1660 g/mol. The Kier molecular flexibility index (Phi) is 35.4. The number of hydrogen-bond donors (Lipinski definition) is 10. The van der Waals surface area contributed by atoms with Crippen LogP contribution in [0.2, 0.25) is 0 Å². The van der Waals surface area contributed by atoms with Crippen LogP contribution in [-0.4, -0.2) is 246 Å². The highest BCUT2D eigenvalue weighted by atomic mass is 79.9. The third kappa shape index (κ3) is 26.2. The number of halogens is 3. The molecule has 2 aliphatic heterocycles. The lowest BCUT2D eigenvalue weighted by Gasteiger charge is -2.25. The van der Waals surface area contributed by atoms with Gasteiger partial charge in [-0.15, -0.1) is 34.5 Å². The van der Waals surface area contributed by atoms with Crippen LogP contribution in [0.25, 0.3) is 21.5 Å². The Morgan fingerprint density at radius 3 is 1.61 bits per heavy atom. The minimum absolute atomic E-state index is 0.0157. The second-order valence-corrected chi connectivity index (χ2v) is 29.4. The Hall–Kier alpha value is -7.22. The number of phosphoric acid groups is 1. The summed E-state index contributed by atoms with van der Waals surface area (Å²) in [7, 11) is -2.00. The topological polar surface area (TPSA) is 400 Å². The SMILES string of the molecule is CC(C)C(NC(=O)CCOCCOCCOCCOCCOCCOCCNC(O)CBr)C(=O)NC(CCCNC(N)O)C(=O)Nc1ccc(COC(=O)N(C)CCN(C)C(=O)Oc2cc3c(c4ccccc24)[C@H](CCl)CN3C(=O)c2ccc(C(=O)N3C[C@@H](CCl)c4c3cc(OP(=O)(O)O)c3ccccc43)s2)cc1. The summed E-state index contributed by atoms with van der Waals surface area (Å²) in [5, 5.41) is 35.7. The Balaban J connectivity index is 0.763. The molecule has 11 N–H and O–H groups in total. The molecule has 2 aliphatic rings. The van der Waals surface area contributed by atoms with Gasteiger partial charge in [-0.3, -0.25) is 50.1 Å². The van der Waals surface area contributed by atoms with E-state index in [0.717, 1.165) is 22.5 Å². The monoisotopic (exact) mass is 1660 g/mol. The molecular formula is C73H96BrCl2N10O21PS. The summed E-state index contributed by atoms with van der Waals surface area (Å²) in [5.41, 5.74) is 8.70. The molecule has 31 nitrogen and oxygen atoms in total. The maximum absolute atomic E-state index is 14.7. The number of hydrogen-bond acceptors (Lipinski definition) is 23. The van der Waals surface area contributed by atoms with Gasteiger partial charge in [-0.2, -0.15) is 0 Å². The molecule has 6 atom stereocenters. The van der Waals surface area contributed by atoms with E-state index >= 15 is 0 Å². The number of fused-ring (bicyclic) bond motifs is 6. The highest BCUT2D eigenvalue weighted by Gasteiger charge is 2.40. The van der Waals surface area contributed by atoms with Crippen LogP contribution in [0.3, 0.4) is 0 Å². The molecule has 109 heavy (non-hydrogen) atoms. The Morgan fingerprint density at radius 2 is 1.12 bits per heavy atom. The van der Waals surface area contributed by atoms with Crippen molar-refractivity contribution in [3.8, 4) is 11.5 Å². The zero-order valence-electron chi connectivity index (χ0n) is 61.0. The van der Waals surface area contributed by atoms with Crippen LogP contribution in [0, 0.1) is 5.92 Å². The summed E-state index contributed by atoms with van der Waals surface area (Å²) >= 11 is 17.3. The normalized spacial score (nSPS) is 15.1. The Bertz CT molecular complexity index is 4060. The molecule has 0 bridgehead atoms. The number of ether oxygens (including phenoxy) is 8. The standard InChI is InChI=1S/C73H96BrCl2N10O21PS/c1-46(2)66(82-62(87)21-26-99-28-30-101-32-34-103-36-37-104-35-33-102-31-29-100-27-23-78-63(88)40-74)68(90)81-55(14-9-22-79-71(77)93)67(89)80-50-17-15-47(16-18-50)45-105-72(94)83(3)24-25-84(4)73(95)106-58-38-56-64(53-12-7-5-10-51(53)58)48(41-75)43-85(56)69(91)60-19-20-61(109-60)70(92)86-44-49(42-76)65-54-13-8-6-11-52(54)59(39-57(65)86)107-108(96,97)98/h5-8,10-13,15-20,38-39,46,48-49,55,63,66,71,78-79,88,93H,9,14,21-37,40-45,77H2,1-4H3,(H,80,89)(H,81,90)(H,82,87)(H2,96,97,98)/t48-,49-,55?,63?,66?,71?/m1/s1. The van der Waals surface area contributed by atoms with Gasteiger partial charge in [-0.1, -0.05) is 90.4 Å². The Labute approximate surface area is 654 Å². The van der Waals surface area contributed by atoms with Crippen LogP contribution >= 0.6 is 58.3 Å². The summed E-state index contributed by atoms with van der Waals surface area (Å²) in [6.07, 6.45) is -2.96. The zero-order valence-corrected chi connectivity index (χ0v) is 65.9. The number of anilines is 3. The molecular weight excluding hydrogens is 1570 g/mol. The first-order chi connectivity index (χ1) is 52.4. The second kappa shape index (κ2) is 44.1. The van der Waals surface area contributed by atoms with Gasteiger partial charge < -0.3 is 88.2 Å². The zero-order chi connectivity index (χ0) is 78.6. The Morgan fingerprint density at radius 1 is 0.633 bits per heavy atom. The quantitative estimate of drug-likeness (QED) is 0.00784. The number of nitrogens with zero attached hydrogens (tertiary/aromatic N) is 4. The summed E-state index contributed by atoms with van der Waals surface area (Å²) in [6.45, 7) is 8.69. The number of benzene rings is 5. The smallest absolute Gasteiger partial charge is 0.445 e. The van der Waals surface area contributed by atoms with Crippen molar-refractivity contribution in [1.82, 2.24) is 31.1 Å². The first-order valence-electron chi connectivity index (χ1n) is 35.5. The van der Waals surface area contributed by atoms with Gasteiger partial charge in [0, 0.05) is 111 Å². The molecule has 0 spiro atoms. The van der Waals surface area contributed by atoms with Gasteiger partial charge in [0.25, 0.3) is 11.8 Å². The fourth-order valence-electron chi connectivity index (χ4n) is 12.0. The minimum Gasteiger partial charge on any atom is -0.445 e. The van der Waals surface area contributed by atoms with Gasteiger partial charge in [0.1, 0.15) is 36.4 Å². The summed E-state index contributed by atoms with van der Waals surface area (Å²) in [4.78, 5) is 123. The maximum Gasteiger partial charge on any atom is 0.524 e. The van der Waals surface area contributed by atoms with Crippen LogP contribution in [0.15, 0.2) is 97.1 Å². The first kappa shape index (κ1) is 87.4. The summed E-state index contributed by atoms with van der Waals surface area (Å²) in [6, 6.07) is 24.7. The van der Waals surface area contributed by atoms with E-state index in [-0.39, 0.29) is 123 Å². The predicted octanol–water partition coefficient (Wildman–Crippen LogP) is 7.15. The number of aliphatic hydroxyl groups excluding tert-OH is 2. The molecule has 0 fully saturated rings. The summed E-state index contributed by atoms with van der Waals surface area (Å²) in [5.74, 6) is -3.18. The number of carbonyl (C=O) groups is 7. The third-order valence-electron chi connectivity index (χ3n) is 17.6. The van der Waals surface area contributed by atoms with E-state index in [2.05, 4.69) is 42.5 Å². The second-order valence-electron chi connectivity index (χ2n) is 25.9. The summed E-state index contributed by atoms with van der Waals surface area (Å²) < 4.78 is 61.9. The number of alkyl halides is 3. The maximum atomic E-state index is 14.7. The van der Waals surface area contributed by atoms with Crippen molar-refractivity contribution < 1.29 is 101 Å².